The highest BCUT2D eigenvalue weighted by Gasteiger charge is 2.25. The summed E-state index contributed by atoms with van der Waals surface area (Å²) in [7, 11) is 0. The maximum atomic E-state index is 12.6. The lowest BCUT2D eigenvalue weighted by atomic mass is 10.0. The zero-order valence-electron chi connectivity index (χ0n) is 14.8. The lowest BCUT2D eigenvalue weighted by Crippen LogP contribution is -2.34. The Labute approximate surface area is 142 Å². The van der Waals surface area contributed by atoms with Gasteiger partial charge in [0.1, 0.15) is 0 Å². The number of hydrogen-bond donors (Lipinski definition) is 2. The molecular formula is C19H24N2O3. The first-order chi connectivity index (χ1) is 11.2. The number of amides is 1. The van der Waals surface area contributed by atoms with Crippen molar-refractivity contribution in [1.29, 1.82) is 0 Å². The van der Waals surface area contributed by atoms with Gasteiger partial charge in [-0.3, -0.25) is 4.79 Å². The van der Waals surface area contributed by atoms with Crippen LogP contribution in [-0.2, 0) is 11.3 Å². The molecule has 1 aromatic heterocycles. The molecule has 24 heavy (non-hydrogen) atoms. The van der Waals surface area contributed by atoms with Crippen LogP contribution in [-0.4, -0.2) is 21.6 Å². The predicted octanol–water partition coefficient (Wildman–Crippen LogP) is 3.30. The van der Waals surface area contributed by atoms with Gasteiger partial charge < -0.3 is 15.0 Å². The number of aliphatic carboxylic acids is 1. The number of carboxylic acids is 1. The predicted molar refractivity (Wildman–Crippen MR) is 93.3 cm³/mol. The molecule has 0 saturated heterocycles. The number of carbonyl (C=O) groups excluding carboxylic acids is 1. The van der Waals surface area contributed by atoms with Crippen LogP contribution in [0.1, 0.15) is 51.4 Å². The van der Waals surface area contributed by atoms with E-state index >= 15 is 0 Å². The van der Waals surface area contributed by atoms with E-state index in [0.717, 1.165) is 29.1 Å². The van der Waals surface area contributed by atoms with Gasteiger partial charge in [0.25, 0.3) is 5.91 Å². The Kier molecular flexibility index (Phi) is 5.12. The van der Waals surface area contributed by atoms with Crippen molar-refractivity contribution in [2.45, 2.75) is 47.2 Å². The van der Waals surface area contributed by atoms with Crippen molar-refractivity contribution in [2.75, 3.05) is 0 Å². The van der Waals surface area contributed by atoms with Crippen LogP contribution < -0.4 is 5.32 Å². The molecule has 0 aliphatic rings. The number of benzene rings is 1. The average molecular weight is 328 g/mol. The van der Waals surface area contributed by atoms with Crippen LogP contribution in [0.3, 0.4) is 0 Å². The summed E-state index contributed by atoms with van der Waals surface area (Å²) in [6.45, 7) is 10.4. The summed E-state index contributed by atoms with van der Waals surface area (Å²) in [5.74, 6) is -1.44. The minimum atomic E-state index is -1.07. The van der Waals surface area contributed by atoms with Gasteiger partial charge in [-0.1, -0.05) is 29.3 Å². The Bertz CT molecular complexity index is 770. The van der Waals surface area contributed by atoms with Gasteiger partial charge in [-0.15, -0.1) is 0 Å². The fourth-order valence-corrected chi connectivity index (χ4v) is 3.19. The van der Waals surface area contributed by atoms with Crippen LogP contribution in [0, 0.1) is 27.7 Å². The monoisotopic (exact) mass is 328 g/mol. The minimum Gasteiger partial charge on any atom is -0.479 e. The summed E-state index contributed by atoms with van der Waals surface area (Å²) < 4.78 is 2.03. The zero-order valence-corrected chi connectivity index (χ0v) is 14.8. The summed E-state index contributed by atoms with van der Waals surface area (Å²) in [6.07, 6.45) is 0. The number of hydrogen-bond acceptors (Lipinski definition) is 2. The Morgan fingerprint density at radius 1 is 1.08 bits per heavy atom. The largest absolute Gasteiger partial charge is 0.479 e. The van der Waals surface area contributed by atoms with Gasteiger partial charge in [0.15, 0.2) is 6.04 Å². The molecule has 1 aromatic carbocycles. The Morgan fingerprint density at radius 2 is 1.67 bits per heavy atom. The number of carboxylic acid groups (broad SMARTS) is 1. The van der Waals surface area contributed by atoms with E-state index in [-0.39, 0.29) is 5.91 Å². The molecule has 5 heteroatoms. The minimum absolute atomic E-state index is 0.366. The highest BCUT2D eigenvalue weighted by molar-refractivity contribution is 5.98. The van der Waals surface area contributed by atoms with E-state index < -0.39 is 12.0 Å². The van der Waals surface area contributed by atoms with Crippen LogP contribution in [0.25, 0.3) is 0 Å². The highest BCUT2D eigenvalue weighted by atomic mass is 16.4. The first kappa shape index (κ1) is 17.8. The molecule has 5 nitrogen and oxygen atoms in total. The lowest BCUT2D eigenvalue weighted by Gasteiger charge is -2.16. The smallest absolute Gasteiger partial charge is 0.330 e. The molecule has 0 fully saturated rings. The SMILES string of the molecule is CCn1c(C)cc(C(=O)NC(C(=O)O)c2cc(C)cc(C)c2)c1C. The van der Waals surface area contributed by atoms with E-state index in [4.69, 9.17) is 0 Å². The van der Waals surface area contributed by atoms with E-state index in [1.54, 1.807) is 18.2 Å². The van der Waals surface area contributed by atoms with Crippen molar-refractivity contribution < 1.29 is 14.7 Å². The van der Waals surface area contributed by atoms with Crippen molar-refractivity contribution in [1.82, 2.24) is 9.88 Å². The highest BCUT2D eigenvalue weighted by Crippen LogP contribution is 2.20. The zero-order chi connectivity index (χ0) is 18.0. The Morgan fingerprint density at radius 3 is 2.12 bits per heavy atom. The van der Waals surface area contributed by atoms with Crippen LogP contribution in [0.5, 0.6) is 0 Å². The fourth-order valence-electron chi connectivity index (χ4n) is 3.19. The lowest BCUT2D eigenvalue weighted by molar-refractivity contribution is -0.139. The van der Waals surface area contributed by atoms with E-state index in [9.17, 15) is 14.7 Å². The molecular weight excluding hydrogens is 304 g/mol. The van der Waals surface area contributed by atoms with E-state index in [0.29, 0.717) is 11.1 Å². The summed E-state index contributed by atoms with van der Waals surface area (Å²) >= 11 is 0. The van der Waals surface area contributed by atoms with Crippen LogP contribution >= 0.6 is 0 Å². The Balaban J connectivity index is 2.34. The molecule has 2 N–H and O–H groups in total. The third-order valence-corrected chi connectivity index (χ3v) is 4.23. The second kappa shape index (κ2) is 6.91. The normalized spacial score (nSPS) is 12.0. The molecule has 1 unspecified atom stereocenters. The molecule has 1 heterocycles. The second-order valence-corrected chi connectivity index (χ2v) is 6.19. The van der Waals surface area contributed by atoms with Gasteiger partial charge >= 0.3 is 5.97 Å². The molecule has 0 aliphatic carbocycles. The quantitative estimate of drug-likeness (QED) is 0.884. The summed E-state index contributed by atoms with van der Waals surface area (Å²) in [5, 5.41) is 12.2. The van der Waals surface area contributed by atoms with E-state index in [2.05, 4.69) is 5.32 Å². The maximum absolute atomic E-state index is 12.6. The summed E-state index contributed by atoms with van der Waals surface area (Å²) in [4.78, 5) is 24.3. The van der Waals surface area contributed by atoms with Gasteiger partial charge in [-0.2, -0.15) is 0 Å². The Hall–Kier alpha value is -2.56. The van der Waals surface area contributed by atoms with Crippen LogP contribution in [0.15, 0.2) is 24.3 Å². The average Bonchev–Trinajstić information content (AvgIpc) is 2.77. The fraction of sp³-hybridized carbons (Fsp3) is 0.368. The maximum Gasteiger partial charge on any atom is 0.330 e. The van der Waals surface area contributed by atoms with Gasteiger partial charge in [0.05, 0.1) is 5.56 Å². The van der Waals surface area contributed by atoms with Crippen molar-refractivity contribution in [3.05, 3.63) is 57.9 Å². The van der Waals surface area contributed by atoms with Gasteiger partial charge in [0.2, 0.25) is 0 Å². The molecule has 0 saturated carbocycles. The molecule has 2 aromatic rings. The van der Waals surface area contributed by atoms with Crippen LogP contribution in [0.4, 0.5) is 0 Å². The van der Waals surface area contributed by atoms with Crippen molar-refractivity contribution in [3.8, 4) is 0 Å². The number of carbonyl (C=O) groups is 2. The first-order valence-corrected chi connectivity index (χ1v) is 8.03. The number of aromatic nitrogens is 1. The number of nitrogens with one attached hydrogen (secondary N) is 1. The van der Waals surface area contributed by atoms with Gasteiger partial charge in [0, 0.05) is 17.9 Å². The molecule has 128 valence electrons. The van der Waals surface area contributed by atoms with E-state index in [1.807, 2.05) is 45.3 Å². The standard InChI is InChI=1S/C19H24N2O3/c1-6-21-13(4)10-16(14(21)5)18(22)20-17(19(23)24)15-8-11(2)7-12(3)9-15/h7-10,17H,6H2,1-5H3,(H,20,22)(H,23,24). The van der Waals surface area contributed by atoms with Gasteiger partial charge in [-0.25, -0.2) is 4.79 Å². The molecule has 1 atom stereocenters. The molecule has 0 spiro atoms. The van der Waals surface area contributed by atoms with Crippen molar-refractivity contribution >= 4 is 11.9 Å². The molecule has 1 amide bonds. The van der Waals surface area contributed by atoms with Crippen molar-refractivity contribution in [3.63, 3.8) is 0 Å². The van der Waals surface area contributed by atoms with Gasteiger partial charge in [-0.05, 0) is 46.2 Å². The third-order valence-electron chi connectivity index (χ3n) is 4.23. The summed E-state index contributed by atoms with van der Waals surface area (Å²) in [6, 6.07) is 6.29. The summed E-state index contributed by atoms with van der Waals surface area (Å²) in [5.41, 5.74) is 4.86. The topological polar surface area (TPSA) is 71.3 Å². The number of nitrogens with zero attached hydrogens (tertiary/aromatic N) is 1. The third kappa shape index (κ3) is 3.50. The first-order valence-electron chi connectivity index (χ1n) is 8.03. The molecule has 0 aliphatic heterocycles. The number of aryl methyl sites for hydroxylation is 3. The molecule has 0 bridgehead atoms. The van der Waals surface area contributed by atoms with Crippen molar-refractivity contribution in [2.24, 2.45) is 0 Å². The van der Waals surface area contributed by atoms with Crippen LogP contribution in [0.2, 0.25) is 0 Å². The number of rotatable bonds is 5. The molecule has 2 rings (SSSR count). The molecule has 0 radical (unpaired) electrons. The second-order valence-electron chi connectivity index (χ2n) is 6.19. The van der Waals surface area contributed by atoms with E-state index in [1.165, 1.54) is 0 Å².